The van der Waals surface area contributed by atoms with Crippen molar-refractivity contribution in [1.29, 1.82) is 0 Å². The van der Waals surface area contributed by atoms with Crippen LogP contribution in [0.15, 0.2) is 39.7 Å². The van der Waals surface area contributed by atoms with Gasteiger partial charge in [-0.3, -0.25) is 19.3 Å². The summed E-state index contributed by atoms with van der Waals surface area (Å²) < 4.78 is 5.31. The van der Waals surface area contributed by atoms with E-state index in [1.54, 1.807) is 14.1 Å². The molecular formula is C21H22N2O8S. The van der Waals surface area contributed by atoms with Crippen molar-refractivity contribution in [2.24, 2.45) is 11.7 Å². The molecule has 0 saturated heterocycles. The SMILES string of the molecule is COc1ccc(O)c2c1SC1CC3C(N(C)C)C(O)=C(C(N)=O)C(=O)C3(O)C(O)=C1C2=O. The first-order valence-corrected chi connectivity index (χ1v) is 10.6. The normalized spacial score (nSPS) is 29.6. The molecule has 6 N–H and O–H groups in total. The smallest absolute Gasteiger partial charge is 0.255 e. The molecule has 4 rings (SSSR count). The van der Waals surface area contributed by atoms with E-state index in [9.17, 15) is 34.8 Å². The molecule has 1 aromatic carbocycles. The lowest BCUT2D eigenvalue weighted by molar-refractivity contribution is -0.147. The zero-order chi connectivity index (χ0) is 23.7. The largest absolute Gasteiger partial charge is 0.510 e. The predicted octanol–water partition coefficient (Wildman–Crippen LogP) is 0.431. The Morgan fingerprint density at radius 2 is 1.91 bits per heavy atom. The second-order valence-corrected chi connectivity index (χ2v) is 9.37. The Kier molecular flexibility index (Phi) is 5.03. The van der Waals surface area contributed by atoms with E-state index in [-0.39, 0.29) is 23.3 Å². The van der Waals surface area contributed by atoms with Crippen LogP contribution < -0.4 is 10.5 Å². The highest BCUT2D eigenvalue weighted by Gasteiger charge is 2.63. The second kappa shape index (κ2) is 7.26. The van der Waals surface area contributed by atoms with E-state index < -0.39 is 57.4 Å². The van der Waals surface area contributed by atoms with Gasteiger partial charge in [-0.2, -0.15) is 0 Å². The number of carbonyl (C=O) groups excluding carboxylic acids is 3. The number of ketones is 2. The van der Waals surface area contributed by atoms with Gasteiger partial charge in [-0.05, 0) is 32.6 Å². The molecule has 10 nitrogen and oxygen atoms in total. The maximum Gasteiger partial charge on any atom is 0.255 e. The van der Waals surface area contributed by atoms with Gasteiger partial charge < -0.3 is 30.9 Å². The third-order valence-corrected chi connectivity index (χ3v) is 7.64. The lowest BCUT2D eigenvalue weighted by Gasteiger charge is -2.49. The van der Waals surface area contributed by atoms with E-state index in [0.717, 1.165) is 11.8 Å². The number of rotatable bonds is 3. The highest BCUT2D eigenvalue weighted by Crippen LogP contribution is 2.55. The second-order valence-electron chi connectivity index (χ2n) is 8.16. The first-order valence-electron chi connectivity index (χ1n) is 9.68. The number of nitrogens with two attached hydrogens (primary N) is 1. The first kappa shape index (κ1) is 22.2. The van der Waals surface area contributed by atoms with Crippen LogP contribution in [0.3, 0.4) is 0 Å². The van der Waals surface area contributed by atoms with Gasteiger partial charge in [0.05, 0.1) is 29.2 Å². The van der Waals surface area contributed by atoms with Crippen molar-refractivity contribution in [3.05, 3.63) is 40.4 Å². The molecule has 0 bridgehead atoms. The minimum atomic E-state index is -2.65. The number of nitrogens with zero attached hydrogens (tertiary/aromatic N) is 1. The Bertz CT molecular complexity index is 1140. The van der Waals surface area contributed by atoms with Crippen LogP contribution in [0.5, 0.6) is 11.5 Å². The monoisotopic (exact) mass is 462 g/mol. The molecule has 3 aliphatic rings. The lowest BCUT2D eigenvalue weighted by Crippen LogP contribution is -2.64. The number of phenolic OH excluding ortho intramolecular Hbond substituents is 1. The molecule has 4 unspecified atom stereocenters. The molecule has 4 atom stereocenters. The van der Waals surface area contributed by atoms with Crippen molar-refractivity contribution in [3.63, 3.8) is 0 Å². The number of hydrogen-bond donors (Lipinski definition) is 5. The highest BCUT2D eigenvalue weighted by atomic mass is 32.2. The molecular weight excluding hydrogens is 440 g/mol. The zero-order valence-electron chi connectivity index (χ0n) is 17.4. The summed E-state index contributed by atoms with van der Waals surface area (Å²) in [5.41, 5.74) is 1.44. The summed E-state index contributed by atoms with van der Waals surface area (Å²) in [4.78, 5) is 40.3. The number of methoxy groups -OCH3 is 1. The van der Waals surface area contributed by atoms with Crippen LogP contribution in [-0.4, -0.2) is 80.9 Å². The molecule has 1 aromatic rings. The molecule has 1 heterocycles. The number of Topliss-reactive ketones (excluding diaryl/α,β-unsaturated/α-hetero) is 2. The Morgan fingerprint density at radius 1 is 1.25 bits per heavy atom. The van der Waals surface area contributed by atoms with Crippen LogP contribution in [0.4, 0.5) is 0 Å². The molecule has 170 valence electrons. The number of fused-ring (bicyclic) bond motifs is 3. The molecule has 11 heteroatoms. The molecule has 1 aliphatic heterocycles. The molecule has 32 heavy (non-hydrogen) atoms. The number of aliphatic hydroxyl groups excluding tert-OH is 2. The molecule has 0 radical (unpaired) electrons. The van der Waals surface area contributed by atoms with Gasteiger partial charge in [0.15, 0.2) is 11.4 Å². The van der Waals surface area contributed by atoms with Crippen LogP contribution in [-0.2, 0) is 9.59 Å². The summed E-state index contributed by atoms with van der Waals surface area (Å²) in [5.74, 6) is -5.89. The van der Waals surface area contributed by atoms with Crippen molar-refractivity contribution in [3.8, 4) is 11.5 Å². The molecule has 1 amide bonds. The molecule has 0 fully saturated rings. The van der Waals surface area contributed by atoms with E-state index >= 15 is 0 Å². The van der Waals surface area contributed by atoms with Crippen molar-refractivity contribution >= 4 is 29.2 Å². The number of aromatic hydroxyl groups is 1. The van der Waals surface area contributed by atoms with E-state index in [1.807, 2.05) is 0 Å². The summed E-state index contributed by atoms with van der Waals surface area (Å²) in [7, 11) is 4.55. The lowest BCUT2D eigenvalue weighted by atomic mass is 9.63. The summed E-state index contributed by atoms with van der Waals surface area (Å²) in [6.45, 7) is 0. The summed E-state index contributed by atoms with van der Waals surface area (Å²) in [6.07, 6.45) is -0.00472. The quantitative estimate of drug-likeness (QED) is 0.397. The van der Waals surface area contributed by atoms with Crippen molar-refractivity contribution in [2.75, 3.05) is 21.2 Å². The number of primary amides is 1. The maximum atomic E-state index is 13.3. The predicted molar refractivity (Wildman–Crippen MR) is 113 cm³/mol. The van der Waals surface area contributed by atoms with E-state index in [2.05, 4.69) is 0 Å². The number of amides is 1. The van der Waals surface area contributed by atoms with Crippen molar-refractivity contribution in [1.82, 2.24) is 4.90 Å². The Morgan fingerprint density at radius 3 is 2.47 bits per heavy atom. The maximum absolute atomic E-state index is 13.3. The summed E-state index contributed by atoms with van der Waals surface area (Å²) >= 11 is 1.14. The van der Waals surface area contributed by atoms with Crippen molar-refractivity contribution < 1.29 is 39.5 Å². The topological polar surface area (TPSA) is 171 Å². The van der Waals surface area contributed by atoms with Gasteiger partial charge in [0.2, 0.25) is 5.78 Å². The number of carbonyl (C=O) groups is 3. The third-order valence-electron chi connectivity index (χ3n) is 6.29. The van der Waals surface area contributed by atoms with Crippen LogP contribution in [0.25, 0.3) is 0 Å². The van der Waals surface area contributed by atoms with Crippen molar-refractivity contribution in [2.45, 2.75) is 28.2 Å². The number of hydrogen-bond acceptors (Lipinski definition) is 10. The van der Waals surface area contributed by atoms with Gasteiger partial charge in [-0.1, -0.05) is 0 Å². The number of thioether (sulfide) groups is 1. The average Bonchev–Trinajstić information content (AvgIpc) is 2.70. The van der Waals surface area contributed by atoms with Crippen LogP contribution in [0.1, 0.15) is 16.8 Å². The fraction of sp³-hybridized carbons (Fsp3) is 0.381. The van der Waals surface area contributed by atoms with Crippen LogP contribution in [0, 0.1) is 5.92 Å². The molecule has 0 saturated carbocycles. The Hall–Kier alpha value is -3.02. The molecule has 0 spiro atoms. The number of benzene rings is 1. The van der Waals surface area contributed by atoms with E-state index in [1.165, 1.54) is 24.1 Å². The minimum absolute atomic E-state index is 0.00472. The standard InChI is InChI=1S/C21H22N2O8S/c1-23(2)14-7-6-10-12(15(25)11-8(24)4-5-9(31-3)17(11)32-10)18(27)21(7,30)19(28)13(16(14)26)20(22)29/h4-5,7,10,14,24,26-27,30H,6H2,1-3H3,(H2,22,29). The van der Waals surface area contributed by atoms with Gasteiger partial charge in [-0.25, -0.2) is 0 Å². The Labute approximate surface area is 187 Å². The number of likely N-dealkylation sites (N-methyl/N-ethyl adjacent to an activating group) is 1. The first-order chi connectivity index (χ1) is 15.0. The number of aliphatic hydroxyl groups is 3. The van der Waals surface area contributed by atoms with Gasteiger partial charge in [-0.15, -0.1) is 11.8 Å². The van der Waals surface area contributed by atoms with Crippen LogP contribution in [0.2, 0.25) is 0 Å². The number of ether oxygens (including phenoxy) is 1. The van der Waals surface area contributed by atoms with E-state index in [4.69, 9.17) is 10.5 Å². The minimum Gasteiger partial charge on any atom is -0.510 e. The van der Waals surface area contributed by atoms with Crippen LogP contribution >= 0.6 is 11.8 Å². The van der Waals surface area contributed by atoms with Gasteiger partial charge in [0.25, 0.3) is 5.91 Å². The van der Waals surface area contributed by atoms with Gasteiger partial charge in [0.1, 0.15) is 28.6 Å². The molecule has 2 aliphatic carbocycles. The van der Waals surface area contributed by atoms with Gasteiger partial charge >= 0.3 is 0 Å². The molecule has 0 aromatic heterocycles. The average molecular weight is 462 g/mol. The fourth-order valence-corrected chi connectivity index (χ4v) is 6.37. The zero-order valence-corrected chi connectivity index (χ0v) is 18.3. The summed E-state index contributed by atoms with van der Waals surface area (Å²) in [6, 6.07) is 1.74. The third kappa shape index (κ3) is 2.71. The number of phenols is 1. The summed E-state index contributed by atoms with van der Waals surface area (Å²) in [5, 5.41) is 42.9. The highest BCUT2D eigenvalue weighted by molar-refractivity contribution is 8.00. The fourth-order valence-electron chi connectivity index (χ4n) is 4.86. The Balaban J connectivity index is 1.98. The van der Waals surface area contributed by atoms with Gasteiger partial charge in [0, 0.05) is 11.2 Å². The van der Waals surface area contributed by atoms with E-state index in [0.29, 0.717) is 10.6 Å².